The molecule has 1 aliphatic rings. The summed E-state index contributed by atoms with van der Waals surface area (Å²) in [5, 5.41) is 9.92. The van der Waals surface area contributed by atoms with Crippen LogP contribution in [0.1, 0.15) is 20.8 Å². The monoisotopic (exact) mass is 438 g/mol. The van der Waals surface area contributed by atoms with Gasteiger partial charge in [-0.25, -0.2) is 0 Å². The highest BCUT2D eigenvalue weighted by molar-refractivity contribution is 7.87. The number of aliphatic hydroxyl groups is 1. The van der Waals surface area contributed by atoms with E-state index in [9.17, 15) is 41.1 Å². The molecule has 0 aromatic rings. The molecule has 28 heavy (non-hydrogen) atoms. The Bertz CT molecular complexity index is 705. The Morgan fingerprint density at radius 2 is 1.46 bits per heavy atom. The summed E-state index contributed by atoms with van der Waals surface area (Å²) < 4.78 is 83.5. The predicted molar refractivity (Wildman–Crippen MR) is 78.5 cm³/mol. The number of hydrogen-bond donors (Lipinski definition) is 1. The van der Waals surface area contributed by atoms with Gasteiger partial charge in [0.2, 0.25) is 0 Å². The van der Waals surface area contributed by atoms with Crippen LogP contribution in [0, 0.1) is 0 Å². The molecule has 1 rings (SSSR count). The van der Waals surface area contributed by atoms with Crippen molar-refractivity contribution < 1.29 is 64.2 Å². The predicted octanol–water partition coefficient (Wildman–Crippen LogP) is -0.635. The maximum absolute atomic E-state index is 12.6. The van der Waals surface area contributed by atoms with E-state index < -0.39 is 70.8 Å². The van der Waals surface area contributed by atoms with Crippen LogP contribution in [0.3, 0.4) is 0 Å². The molecule has 0 aliphatic carbocycles. The summed E-state index contributed by atoms with van der Waals surface area (Å²) in [6.45, 7) is 2.05. The third-order valence-corrected chi connectivity index (χ3v) is 4.23. The first-order valence-electron chi connectivity index (χ1n) is 7.46. The second kappa shape index (κ2) is 9.02. The zero-order valence-electron chi connectivity index (χ0n) is 14.7. The molecule has 1 heterocycles. The summed E-state index contributed by atoms with van der Waals surface area (Å²) in [6.07, 6.45) is -10.1. The van der Waals surface area contributed by atoms with Gasteiger partial charge in [0.1, 0.15) is 12.7 Å². The van der Waals surface area contributed by atoms with Crippen LogP contribution >= 0.6 is 0 Å². The van der Waals surface area contributed by atoms with Gasteiger partial charge in [-0.2, -0.15) is 21.6 Å². The van der Waals surface area contributed by atoms with Crippen LogP contribution in [0.25, 0.3) is 0 Å². The van der Waals surface area contributed by atoms with E-state index in [-0.39, 0.29) is 0 Å². The second-order valence-corrected chi connectivity index (χ2v) is 7.04. The quantitative estimate of drug-likeness (QED) is 0.244. The fraction of sp³-hybridized carbons (Fsp3) is 0.769. The van der Waals surface area contributed by atoms with Crippen LogP contribution in [0.4, 0.5) is 13.2 Å². The van der Waals surface area contributed by atoms with Crippen molar-refractivity contribution in [3.05, 3.63) is 0 Å². The van der Waals surface area contributed by atoms with Crippen LogP contribution in [0.2, 0.25) is 0 Å². The highest BCUT2D eigenvalue weighted by atomic mass is 32.2. The molecule has 162 valence electrons. The average molecular weight is 438 g/mol. The SMILES string of the molecule is CC(=O)OC[C@H]1OC(O)[C@@H](OS(=O)(=O)C(F)(F)F)[C@@H](OC(C)=O)C1OC(C)=O. The summed E-state index contributed by atoms with van der Waals surface area (Å²) in [5.41, 5.74) is -5.86. The first-order valence-corrected chi connectivity index (χ1v) is 8.87. The van der Waals surface area contributed by atoms with Crippen LogP contribution < -0.4 is 0 Å². The van der Waals surface area contributed by atoms with Gasteiger partial charge in [-0.05, 0) is 0 Å². The molecule has 5 atom stereocenters. The van der Waals surface area contributed by atoms with E-state index in [2.05, 4.69) is 8.92 Å². The normalized spacial score (nSPS) is 28.3. The zero-order chi connectivity index (χ0) is 21.9. The van der Waals surface area contributed by atoms with Crippen LogP contribution in [0.5, 0.6) is 0 Å². The first-order chi connectivity index (χ1) is 12.7. The standard InChI is InChI=1S/C13H17F3O11S/c1-5(17)23-4-8-9(24-6(2)18)10(25-7(3)19)11(12(20)26-8)27-28(21,22)13(14,15)16/h8-12,20H,4H2,1-3H3/t8-,9?,10+,11+,12?/m1/s1. The Morgan fingerprint density at radius 3 is 1.89 bits per heavy atom. The van der Waals surface area contributed by atoms with Gasteiger partial charge in [0, 0.05) is 20.8 Å². The van der Waals surface area contributed by atoms with Gasteiger partial charge in [0.05, 0.1) is 0 Å². The highest BCUT2D eigenvalue weighted by Crippen LogP contribution is 2.33. The van der Waals surface area contributed by atoms with Gasteiger partial charge in [0.15, 0.2) is 24.6 Å². The fourth-order valence-electron chi connectivity index (χ4n) is 2.19. The Kier molecular flexibility index (Phi) is 7.75. The summed E-state index contributed by atoms with van der Waals surface area (Å²) in [7, 11) is -6.25. The summed E-state index contributed by atoms with van der Waals surface area (Å²) >= 11 is 0. The van der Waals surface area contributed by atoms with Gasteiger partial charge in [-0.3, -0.25) is 18.6 Å². The molecule has 0 saturated carbocycles. The Morgan fingerprint density at radius 1 is 0.964 bits per heavy atom. The van der Waals surface area contributed by atoms with Crippen molar-refractivity contribution in [2.24, 2.45) is 0 Å². The van der Waals surface area contributed by atoms with Crippen molar-refractivity contribution in [1.82, 2.24) is 0 Å². The first kappa shape index (κ1) is 24.1. The molecular weight excluding hydrogens is 421 g/mol. The molecule has 1 saturated heterocycles. The largest absolute Gasteiger partial charge is 0.523 e. The molecule has 0 bridgehead atoms. The molecule has 1 aliphatic heterocycles. The molecule has 1 N–H and O–H groups in total. The lowest BCUT2D eigenvalue weighted by molar-refractivity contribution is -0.288. The number of aliphatic hydroxyl groups excluding tert-OH is 1. The van der Waals surface area contributed by atoms with E-state index in [1.807, 2.05) is 0 Å². The lowest BCUT2D eigenvalue weighted by atomic mass is 9.98. The third-order valence-electron chi connectivity index (χ3n) is 3.19. The van der Waals surface area contributed by atoms with Gasteiger partial charge in [0.25, 0.3) is 0 Å². The van der Waals surface area contributed by atoms with E-state index in [1.165, 1.54) is 0 Å². The molecule has 0 radical (unpaired) electrons. The third kappa shape index (κ3) is 6.29. The lowest BCUT2D eigenvalue weighted by Crippen LogP contribution is -2.62. The number of alkyl halides is 3. The van der Waals surface area contributed by atoms with Gasteiger partial charge < -0.3 is 24.1 Å². The van der Waals surface area contributed by atoms with E-state index >= 15 is 0 Å². The van der Waals surface area contributed by atoms with Gasteiger partial charge in [-0.15, -0.1) is 0 Å². The van der Waals surface area contributed by atoms with E-state index in [4.69, 9.17) is 14.2 Å². The zero-order valence-corrected chi connectivity index (χ0v) is 15.5. The molecule has 0 amide bonds. The molecule has 1 fully saturated rings. The van der Waals surface area contributed by atoms with Crippen molar-refractivity contribution in [1.29, 1.82) is 0 Å². The minimum Gasteiger partial charge on any atom is -0.463 e. The van der Waals surface area contributed by atoms with Crippen molar-refractivity contribution in [2.75, 3.05) is 6.61 Å². The molecule has 15 heteroatoms. The van der Waals surface area contributed by atoms with Crippen LogP contribution in [-0.2, 0) is 47.6 Å². The lowest BCUT2D eigenvalue weighted by Gasteiger charge is -2.42. The van der Waals surface area contributed by atoms with Crippen molar-refractivity contribution in [3.8, 4) is 0 Å². The summed E-state index contributed by atoms with van der Waals surface area (Å²) in [4.78, 5) is 33.6. The van der Waals surface area contributed by atoms with Crippen LogP contribution in [0.15, 0.2) is 0 Å². The van der Waals surface area contributed by atoms with E-state index in [0.717, 1.165) is 20.8 Å². The fourth-order valence-corrected chi connectivity index (χ4v) is 2.80. The summed E-state index contributed by atoms with van der Waals surface area (Å²) in [6, 6.07) is 0. The number of carbonyl (C=O) groups is 3. The molecular formula is C13H17F3O11S. The minimum atomic E-state index is -6.25. The van der Waals surface area contributed by atoms with Crippen molar-refractivity contribution in [3.63, 3.8) is 0 Å². The minimum absolute atomic E-state index is 0.666. The maximum atomic E-state index is 12.6. The van der Waals surface area contributed by atoms with E-state index in [0.29, 0.717) is 0 Å². The molecule has 0 spiro atoms. The average Bonchev–Trinajstić information content (AvgIpc) is 2.49. The maximum Gasteiger partial charge on any atom is 0.523 e. The second-order valence-electron chi connectivity index (χ2n) is 5.48. The number of ether oxygens (including phenoxy) is 4. The van der Waals surface area contributed by atoms with Gasteiger partial charge in [-0.1, -0.05) is 0 Å². The number of rotatable bonds is 6. The molecule has 0 aromatic heterocycles. The van der Waals surface area contributed by atoms with Crippen LogP contribution in [-0.4, -0.2) is 74.3 Å². The topological polar surface area (TPSA) is 152 Å². The number of halogens is 3. The number of esters is 3. The summed E-state index contributed by atoms with van der Waals surface area (Å²) in [5.74, 6) is -2.96. The van der Waals surface area contributed by atoms with E-state index in [1.54, 1.807) is 0 Å². The Balaban J connectivity index is 3.29. The molecule has 11 nitrogen and oxygen atoms in total. The van der Waals surface area contributed by atoms with Crippen molar-refractivity contribution >= 4 is 28.0 Å². The van der Waals surface area contributed by atoms with Crippen molar-refractivity contribution in [2.45, 2.75) is 57.0 Å². The van der Waals surface area contributed by atoms with Gasteiger partial charge >= 0.3 is 33.5 Å². The number of carbonyl (C=O) groups excluding carboxylic acids is 3. The Hall–Kier alpha value is -1.97. The highest BCUT2D eigenvalue weighted by Gasteiger charge is 2.56. The Labute approximate surface area is 156 Å². The molecule has 0 aromatic carbocycles. The number of hydrogen-bond acceptors (Lipinski definition) is 11. The molecule has 2 unspecified atom stereocenters. The smallest absolute Gasteiger partial charge is 0.463 e.